The number of piperidine rings is 1. The lowest BCUT2D eigenvalue weighted by Crippen LogP contribution is -2.55. The zero-order valence-corrected chi connectivity index (χ0v) is 8.76. The lowest BCUT2D eigenvalue weighted by Gasteiger charge is -2.52. The summed E-state index contributed by atoms with van der Waals surface area (Å²) in [5.41, 5.74) is 6.44. The summed E-state index contributed by atoms with van der Waals surface area (Å²) in [4.78, 5) is 2.55. The van der Waals surface area contributed by atoms with E-state index in [-0.39, 0.29) is 0 Å². The van der Waals surface area contributed by atoms with Crippen LogP contribution in [0.15, 0.2) is 0 Å². The fourth-order valence-electron chi connectivity index (χ4n) is 3.15. The molecule has 2 N–H and O–H groups in total. The van der Waals surface area contributed by atoms with Gasteiger partial charge in [0.1, 0.15) is 0 Å². The normalized spacial score (nSPS) is 34.2. The molecule has 0 spiro atoms. The summed E-state index contributed by atoms with van der Waals surface area (Å²) < 4.78 is 0. The van der Waals surface area contributed by atoms with Crippen LogP contribution in [0, 0.1) is 5.41 Å². The topological polar surface area (TPSA) is 29.3 Å². The third kappa shape index (κ3) is 1.50. The van der Waals surface area contributed by atoms with Gasteiger partial charge in [0.2, 0.25) is 0 Å². The van der Waals surface area contributed by atoms with Crippen LogP contribution in [0.4, 0.5) is 0 Å². The summed E-state index contributed by atoms with van der Waals surface area (Å²) in [5, 5.41) is 0. The van der Waals surface area contributed by atoms with Crippen molar-refractivity contribution in [2.45, 2.75) is 44.6 Å². The second-order valence-electron chi connectivity index (χ2n) is 4.91. The van der Waals surface area contributed by atoms with E-state index in [0.717, 1.165) is 12.6 Å². The molecule has 2 rings (SSSR count). The van der Waals surface area contributed by atoms with Gasteiger partial charge < -0.3 is 10.6 Å². The summed E-state index contributed by atoms with van der Waals surface area (Å²) in [6.45, 7) is 2.19. The SMILES string of the molecule is CN1CCCCC1C1(CN)CCC1. The van der Waals surface area contributed by atoms with Crippen molar-refractivity contribution in [3.05, 3.63) is 0 Å². The van der Waals surface area contributed by atoms with Crippen LogP contribution < -0.4 is 5.73 Å². The molecular formula is C11H22N2. The van der Waals surface area contributed by atoms with Gasteiger partial charge in [0, 0.05) is 6.04 Å². The third-order valence-electron chi connectivity index (χ3n) is 4.23. The van der Waals surface area contributed by atoms with E-state index in [9.17, 15) is 0 Å². The molecule has 0 aromatic rings. The molecule has 13 heavy (non-hydrogen) atoms. The molecule has 2 nitrogen and oxygen atoms in total. The first-order valence-corrected chi connectivity index (χ1v) is 5.69. The molecule has 1 atom stereocenters. The summed E-state index contributed by atoms with van der Waals surface area (Å²) >= 11 is 0. The Morgan fingerprint density at radius 1 is 1.31 bits per heavy atom. The molecule has 0 amide bonds. The first-order chi connectivity index (χ1) is 6.28. The van der Waals surface area contributed by atoms with E-state index in [1.165, 1.54) is 45.1 Å². The smallest absolute Gasteiger partial charge is 0.0161 e. The van der Waals surface area contributed by atoms with E-state index in [1.807, 2.05) is 0 Å². The van der Waals surface area contributed by atoms with Gasteiger partial charge in [0.25, 0.3) is 0 Å². The van der Waals surface area contributed by atoms with Crippen LogP contribution in [0.3, 0.4) is 0 Å². The number of nitrogens with zero attached hydrogens (tertiary/aromatic N) is 1. The zero-order chi connectivity index (χ0) is 9.31. The van der Waals surface area contributed by atoms with E-state index in [0.29, 0.717) is 5.41 Å². The van der Waals surface area contributed by atoms with Crippen LogP contribution in [-0.2, 0) is 0 Å². The average molecular weight is 182 g/mol. The van der Waals surface area contributed by atoms with Crippen molar-refractivity contribution in [2.24, 2.45) is 11.1 Å². The molecule has 2 heteroatoms. The van der Waals surface area contributed by atoms with Gasteiger partial charge in [-0.1, -0.05) is 12.8 Å². The minimum Gasteiger partial charge on any atom is -0.330 e. The van der Waals surface area contributed by atoms with Gasteiger partial charge in [-0.25, -0.2) is 0 Å². The second kappa shape index (κ2) is 3.58. The van der Waals surface area contributed by atoms with Crippen LogP contribution >= 0.6 is 0 Å². The Labute approximate surface area is 81.5 Å². The van der Waals surface area contributed by atoms with E-state index < -0.39 is 0 Å². The number of hydrogen-bond acceptors (Lipinski definition) is 2. The maximum atomic E-state index is 5.94. The number of likely N-dealkylation sites (tertiary alicyclic amines) is 1. The number of nitrogens with two attached hydrogens (primary N) is 1. The summed E-state index contributed by atoms with van der Waals surface area (Å²) in [6, 6.07) is 0.792. The summed E-state index contributed by atoms with van der Waals surface area (Å²) in [7, 11) is 2.28. The standard InChI is InChI=1S/C11H22N2/c1-13-8-3-2-5-10(13)11(9-12)6-4-7-11/h10H,2-9,12H2,1H3. The molecule has 2 aliphatic rings. The minimum absolute atomic E-state index is 0.509. The largest absolute Gasteiger partial charge is 0.330 e. The fourth-order valence-corrected chi connectivity index (χ4v) is 3.15. The zero-order valence-electron chi connectivity index (χ0n) is 8.76. The highest BCUT2D eigenvalue weighted by Crippen LogP contribution is 2.47. The maximum absolute atomic E-state index is 5.94. The van der Waals surface area contributed by atoms with E-state index in [1.54, 1.807) is 0 Å². The molecule has 1 saturated carbocycles. The highest BCUT2D eigenvalue weighted by molar-refractivity contribution is 4.99. The van der Waals surface area contributed by atoms with Crippen LogP contribution in [0.25, 0.3) is 0 Å². The molecule has 76 valence electrons. The number of hydrogen-bond donors (Lipinski definition) is 1. The Morgan fingerprint density at radius 2 is 2.08 bits per heavy atom. The monoisotopic (exact) mass is 182 g/mol. The highest BCUT2D eigenvalue weighted by Gasteiger charge is 2.44. The van der Waals surface area contributed by atoms with Crippen molar-refractivity contribution in [1.29, 1.82) is 0 Å². The van der Waals surface area contributed by atoms with Crippen LogP contribution in [0.2, 0.25) is 0 Å². The summed E-state index contributed by atoms with van der Waals surface area (Å²) in [6.07, 6.45) is 8.33. The molecule has 1 saturated heterocycles. The van der Waals surface area contributed by atoms with Crippen molar-refractivity contribution >= 4 is 0 Å². The molecule has 1 heterocycles. The Balaban J connectivity index is 2.03. The maximum Gasteiger partial charge on any atom is 0.0161 e. The van der Waals surface area contributed by atoms with Gasteiger partial charge in [0.15, 0.2) is 0 Å². The molecule has 0 radical (unpaired) electrons. The average Bonchev–Trinajstić information content (AvgIpc) is 2.07. The molecule has 1 aliphatic heterocycles. The van der Waals surface area contributed by atoms with Crippen LogP contribution in [0.5, 0.6) is 0 Å². The van der Waals surface area contributed by atoms with Gasteiger partial charge in [-0.3, -0.25) is 0 Å². The molecule has 0 aromatic carbocycles. The van der Waals surface area contributed by atoms with Gasteiger partial charge in [0.05, 0.1) is 0 Å². The highest BCUT2D eigenvalue weighted by atomic mass is 15.1. The molecule has 0 bridgehead atoms. The van der Waals surface area contributed by atoms with Crippen molar-refractivity contribution in [3.8, 4) is 0 Å². The lowest BCUT2D eigenvalue weighted by molar-refractivity contribution is -0.00284. The number of rotatable bonds is 2. The predicted molar refractivity (Wildman–Crippen MR) is 55.6 cm³/mol. The predicted octanol–water partition coefficient (Wildman–Crippen LogP) is 1.60. The van der Waals surface area contributed by atoms with Gasteiger partial charge in [-0.05, 0) is 51.2 Å². The lowest BCUT2D eigenvalue weighted by atomic mass is 9.62. The Bertz CT molecular complexity index is 169. The molecule has 1 aliphatic carbocycles. The van der Waals surface area contributed by atoms with E-state index >= 15 is 0 Å². The Morgan fingerprint density at radius 3 is 2.54 bits per heavy atom. The third-order valence-corrected chi connectivity index (χ3v) is 4.23. The first-order valence-electron chi connectivity index (χ1n) is 5.69. The van der Waals surface area contributed by atoms with Gasteiger partial charge in [-0.2, -0.15) is 0 Å². The first kappa shape index (κ1) is 9.47. The molecule has 2 fully saturated rings. The van der Waals surface area contributed by atoms with Crippen LogP contribution in [0.1, 0.15) is 38.5 Å². The second-order valence-corrected chi connectivity index (χ2v) is 4.91. The van der Waals surface area contributed by atoms with Crippen molar-refractivity contribution in [3.63, 3.8) is 0 Å². The fraction of sp³-hybridized carbons (Fsp3) is 1.00. The van der Waals surface area contributed by atoms with Crippen molar-refractivity contribution in [2.75, 3.05) is 20.1 Å². The molecule has 0 aromatic heterocycles. The van der Waals surface area contributed by atoms with Crippen LogP contribution in [-0.4, -0.2) is 31.1 Å². The van der Waals surface area contributed by atoms with E-state index in [2.05, 4.69) is 11.9 Å². The summed E-state index contributed by atoms with van der Waals surface area (Å²) in [5.74, 6) is 0. The molecule has 1 unspecified atom stereocenters. The van der Waals surface area contributed by atoms with Crippen molar-refractivity contribution < 1.29 is 0 Å². The Kier molecular flexibility index (Phi) is 2.61. The van der Waals surface area contributed by atoms with Gasteiger partial charge in [-0.15, -0.1) is 0 Å². The quantitative estimate of drug-likeness (QED) is 0.703. The minimum atomic E-state index is 0.509. The Hall–Kier alpha value is -0.0800. The molecular weight excluding hydrogens is 160 g/mol. The van der Waals surface area contributed by atoms with Crippen molar-refractivity contribution in [1.82, 2.24) is 4.90 Å². The van der Waals surface area contributed by atoms with E-state index in [4.69, 9.17) is 5.73 Å². The van der Waals surface area contributed by atoms with Gasteiger partial charge >= 0.3 is 0 Å².